The molecule has 0 saturated carbocycles. The van der Waals surface area contributed by atoms with Crippen molar-refractivity contribution >= 4 is 28.6 Å². The zero-order chi connectivity index (χ0) is 20.1. The largest absolute Gasteiger partial charge is 0.406 e. The Labute approximate surface area is 162 Å². The number of carbonyl (C=O) groups is 1. The minimum Gasteiger partial charge on any atom is -0.332 e. The number of halogens is 4. The number of amides is 1. The van der Waals surface area contributed by atoms with E-state index in [0.717, 1.165) is 0 Å². The molecule has 0 bridgehead atoms. The van der Waals surface area contributed by atoms with Crippen LogP contribution in [0, 0.1) is 5.82 Å². The summed E-state index contributed by atoms with van der Waals surface area (Å²) in [6, 6.07) is 12.8. The van der Waals surface area contributed by atoms with Crippen molar-refractivity contribution in [3.63, 3.8) is 0 Å². The van der Waals surface area contributed by atoms with E-state index in [0.29, 0.717) is 32.5 Å². The van der Waals surface area contributed by atoms with Gasteiger partial charge < -0.3 is 10.2 Å². The number of benzene rings is 2. The number of nitrogens with zero attached hydrogens (tertiary/aromatic N) is 2. The number of anilines is 2. The van der Waals surface area contributed by atoms with E-state index in [-0.39, 0.29) is 18.8 Å². The van der Waals surface area contributed by atoms with Crippen molar-refractivity contribution in [3.8, 4) is 11.3 Å². The summed E-state index contributed by atoms with van der Waals surface area (Å²) in [5, 5.41) is 5.48. The van der Waals surface area contributed by atoms with Gasteiger partial charge in [0, 0.05) is 23.2 Å². The van der Waals surface area contributed by atoms with E-state index in [2.05, 4.69) is 10.3 Å². The highest BCUT2D eigenvalue weighted by Gasteiger charge is 2.30. The highest BCUT2D eigenvalue weighted by Crippen LogP contribution is 2.27. The summed E-state index contributed by atoms with van der Waals surface area (Å²) in [5.41, 5.74) is 2.56. The maximum absolute atomic E-state index is 13.3. The summed E-state index contributed by atoms with van der Waals surface area (Å²) in [5.74, 6) is -0.342. The molecule has 0 aliphatic rings. The molecule has 1 N–H and O–H groups in total. The first kappa shape index (κ1) is 19.8. The van der Waals surface area contributed by atoms with Crippen molar-refractivity contribution in [2.75, 3.05) is 11.9 Å². The van der Waals surface area contributed by atoms with Gasteiger partial charge in [0.2, 0.25) is 6.41 Å². The van der Waals surface area contributed by atoms with Crippen LogP contribution in [0.25, 0.3) is 11.3 Å². The normalized spacial score (nSPS) is 11.3. The number of nitrogens with one attached hydrogen (secondary N) is 1. The smallest absolute Gasteiger partial charge is 0.332 e. The first-order chi connectivity index (χ1) is 13.3. The van der Waals surface area contributed by atoms with Crippen molar-refractivity contribution < 1.29 is 22.4 Å². The van der Waals surface area contributed by atoms with Crippen LogP contribution in [0.5, 0.6) is 0 Å². The van der Waals surface area contributed by atoms with E-state index in [1.165, 1.54) is 23.5 Å². The highest BCUT2D eigenvalue weighted by atomic mass is 32.1. The number of aromatic nitrogens is 1. The average Bonchev–Trinajstić information content (AvgIpc) is 3.10. The Morgan fingerprint density at radius 3 is 2.54 bits per heavy atom. The van der Waals surface area contributed by atoms with Crippen molar-refractivity contribution in [2.45, 2.75) is 12.7 Å². The van der Waals surface area contributed by atoms with Crippen LogP contribution in [0.1, 0.15) is 5.56 Å². The van der Waals surface area contributed by atoms with E-state index in [9.17, 15) is 22.4 Å². The van der Waals surface area contributed by atoms with Gasteiger partial charge in [-0.2, -0.15) is 13.2 Å². The molecular formula is C19H15F4N3OS. The first-order valence-electron chi connectivity index (χ1n) is 8.16. The molecule has 9 heteroatoms. The van der Waals surface area contributed by atoms with Gasteiger partial charge in [-0.05, 0) is 29.8 Å². The zero-order valence-corrected chi connectivity index (χ0v) is 15.2. The fourth-order valence-electron chi connectivity index (χ4n) is 2.52. The van der Waals surface area contributed by atoms with Crippen molar-refractivity contribution in [1.29, 1.82) is 0 Å². The van der Waals surface area contributed by atoms with Gasteiger partial charge in [-0.1, -0.05) is 24.3 Å². The van der Waals surface area contributed by atoms with Gasteiger partial charge in [0.1, 0.15) is 12.4 Å². The molecule has 0 aliphatic carbocycles. The fourth-order valence-corrected chi connectivity index (χ4v) is 3.26. The lowest BCUT2D eigenvalue weighted by Crippen LogP contribution is -2.32. The van der Waals surface area contributed by atoms with Gasteiger partial charge in [-0.3, -0.25) is 4.79 Å². The molecule has 0 aliphatic heterocycles. The lowest BCUT2D eigenvalue weighted by atomic mass is 10.2. The van der Waals surface area contributed by atoms with Crippen LogP contribution >= 0.6 is 11.3 Å². The number of thiazole rings is 1. The maximum Gasteiger partial charge on any atom is 0.406 e. The molecule has 1 amide bonds. The lowest BCUT2D eigenvalue weighted by molar-refractivity contribution is -0.155. The average molecular weight is 409 g/mol. The third-order valence-electron chi connectivity index (χ3n) is 3.75. The Bertz CT molecular complexity index is 941. The van der Waals surface area contributed by atoms with Crippen LogP contribution in [0.3, 0.4) is 0 Å². The second-order valence-electron chi connectivity index (χ2n) is 6.00. The summed E-state index contributed by atoms with van der Waals surface area (Å²) in [7, 11) is 0. The summed E-state index contributed by atoms with van der Waals surface area (Å²) < 4.78 is 50.6. The lowest BCUT2D eigenvalue weighted by Gasteiger charge is -2.19. The molecule has 0 unspecified atom stereocenters. The van der Waals surface area contributed by atoms with Gasteiger partial charge in [-0.15, -0.1) is 11.3 Å². The Kier molecular flexibility index (Phi) is 5.93. The van der Waals surface area contributed by atoms with Crippen molar-refractivity contribution in [3.05, 3.63) is 65.3 Å². The minimum atomic E-state index is -4.44. The molecule has 146 valence electrons. The molecule has 2 aromatic carbocycles. The third kappa shape index (κ3) is 5.53. The van der Waals surface area contributed by atoms with E-state index < -0.39 is 12.7 Å². The number of carbonyl (C=O) groups excluding carboxylic acids is 1. The highest BCUT2D eigenvalue weighted by molar-refractivity contribution is 7.14. The molecule has 0 atom stereocenters. The van der Waals surface area contributed by atoms with Crippen LogP contribution in [-0.4, -0.2) is 29.0 Å². The fraction of sp³-hybridized carbons (Fsp3) is 0.158. The monoisotopic (exact) mass is 409 g/mol. The van der Waals surface area contributed by atoms with E-state index >= 15 is 0 Å². The van der Waals surface area contributed by atoms with Gasteiger partial charge >= 0.3 is 6.18 Å². The molecule has 4 nitrogen and oxygen atoms in total. The van der Waals surface area contributed by atoms with E-state index in [4.69, 9.17) is 0 Å². The molecule has 0 saturated heterocycles. The summed E-state index contributed by atoms with van der Waals surface area (Å²) in [6.07, 6.45) is -4.25. The van der Waals surface area contributed by atoms with Crippen LogP contribution < -0.4 is 5.32 Å². The van der Waals surface area contributed by atoms with Crippen molar-refractivity contribution in [1.82, 2.24) is 9.88 Å². The third-order valence-corrected chi connectivity index (χ3v) is 4.50. The Morgan fingerprint density at radius 2 is 1.89 bits per heavy atom. The number of hydrogen-bond donors (Lipinski definition) is 1. The molecule has 1 aromatic heterocycles. The summed E-state index contributed by atoms with van der Waals surface area (Å²) in [6.45, 7) is -1.43. The number of hydrogen-bond acceptors (Lipinski definition) is 4. The quantitative estimate of drug-likeness (QED) is 0.430. The standard InChI is InChI=1S/C19H15F4N3OS/c20-15-3-1-2-14(8-15)17-10-28-18(25-17)24-16-6-4-13(5-7-16)9-26(12-27)11-19(21,22)23/h1-8,10,12H,9,11H2,(H,24,25). The van der Waals surface area contributed by atoms with Crippen molar-refractivity contribution in [2.24, 2.45) is 0 Å². The van der Waals surface area contributed by atoms with Gasteiger partial charge in [0.25, 0.3) is 0 Å². The minimum absolute atomic E-state index is 0.135. The predicted octanol–water partition coefficient (Wildman–Crippen LogP) is 5.21. The molecule has 3 aromatic rings. The van der Waals surface area contributed by atoms with Crippen LogP contribution in [0.2, 0.25) is 0 Å². The Hall–Kier alpha value is -2.94. The van der Waals surface area contributed by atoms with Gasteiger partial charge in [0.05, 0.1) is 5.69 Å². The van der Waals surface area contributed by atoms with Gasteiger partial charge in [-0.25, -0.2) is 9.37 Å². The zero-order valence-electron chi connectivity index (χ0n) is 14.4. The second kappa shape index (κ2) is 8.39. The van der Waals surface area contributed by atoms with Gasteiger partial charge in [0.15, 0.2) is 5.13 Å². The van der Waals surface area contributed by atoms with E-state index in [1.807, 2.05) is 0 Å². The molecule has 0 radical (unpaired) electrons. The molecular weight excluding hydrogens is 394 g/mol. The summed E-state index contributed by atoms with van der Waals surface area (Å²) >= 11 is 1.35. The molecule has 28 heavy (non-hydrogen) atoms. The molecule has 3 rings (SSSR count). The van der Waals surface area contributed by atoms with Crippen LogP contribution in [0.15, 0.2) is 53.9 Å². The SMILES string of the molecule is O=CN(Cc1ccc(Nc2nc(-c3cccc(F)c3)cs2)cc1)CC(F)(F)F. The molecule has 1 heterocycles. The summed E-state index contributed by atoms with van der Waals surface area (Å²) in [4.78, 5) is 15.9. The Morgan fingerprint density at radius 1 is 1.14 bits per heavy atom. The molecule has 0 spiro atoms. The van der Waals surface area contributed by atoms with E-state index in [1.54, 1.807) is 41.8 Å². The first-order valence-corrected chi connectivity index (χ1v) is 9.04. The van der Waals surface area contributed by atoms with Crippen LogP contribution in [0.4, 0.5) is 28.4 Å². The van der Waals surface area contributed by atoms with Crippen LogP contribution in [-0.2, 0) is 11.3 Å². The predicted molar refractivity (Wildman–Crippen MR) is 99.8 cm³/mol. The number of rotatable bonds is 7. The maximum atomic E-state index is 13.3. The second-order valence-corrected chi connectivity index (χ2v) is 6.85. The number of alkyl halides is 3. The topological polar surface area (TPSA) is 45.2 Å². The molecule has 0 fully saturated rings. The Balaban J connectivity index is 1.64.